The lowest BCUT2D eigenvalue weighted by Gasteiger charge is -2.14. The number of carboxylic acids is 2. The van der Waals surface area contributed by atoms with Gasteiger partial charge in [-0.05, 0) is 18.6 Å². The van der Waals surface area contributed by atoms with Crippen molar-refractivity contribution in [2.24, 2.45) is 0 Å². The average Bonchev–Trinajstić information content (AvgIpc) is 2.38. The summed E-state index contributed by atoms with van der Waals surface area (Å²) in [5.74, 6) is -4.74. The highest BCUT2D eigenvalue weighted by Crippen LogP contribution is 2.17. The SMILES string of the molecule is O=C(O)CCC(NC(=O)Nc1c(F)cccc1F)C(=O)O. The van der Waals surface area contributed by atoms with Crippen LogP contribution in [0.2, 0.25) is 0 Å². The van der Waals surface area contributed by atoms with E-state index < -0.39 is 47.8 Å². The number of carboxylic acid groups (broad SMARTS) is 2. The maximum absolute atomic E-state index is 13.3. The smallest absolute Gasteiger partial charge is 0.326 e. The van der Waals surface area contributed by atoms with Crippen molar-refractivity contribution in [2.75, 3.05) is 5.32 Å². The van der Waals surface area contributed by atoms with Crippen LogP contribution < -0.4 is 10.6 Å². The van der Waals surface area contributed by atoms with Crippen molar-refractivity contribution < 1.29 is 33.4 Å². The Balaban J connectivity index is 2.70. The first-order chi connectivity index (χ1) is 9.81. The van der Waals surface area contributed by atoms with Crippen LogP contribution in [0, 0.1) is 11.6 Å². The van der Waals surface area contributed by atoms with Crippen molar-refractivity contribution >= 4 is 23.7 Å². The van der Waals surface area contributed by atoms with Crippen LogP contribution in [0.15, 0.2) is 18.2 Å². The molecule has 1 aromatic carbocycles. The zero-order valence-corrected chi connectivity index (χ0v) is 10.6. The summed E-state index contributed by atoms with van der Waals surface area (Å²) in [6.07, 6.45) is -0.844. The molecule has 114 valence electrons. The van der Waals surface area contributed by atoms with Crippen LogP contribution >= 0.6 is 0 Å². The Morgan fingerprint density at radius 1 is 1.14 bits per heavy atom. The van der Waals surface area contributed by atoms with E-state index in [1.54, 1.807) is 0 Å². The Morgan fingerprint density at radius 2 is 1.71 bits per heavy atom. The molecule has 0 aliphatic carbocycles. The molecule has 0 fully saturated rings. The van der Waals surface area contributed by atoms with Crippen LogP contribution in [0.5, 0.6) is 0 Å². The molecule has 0 aliphatic rings. The maximum Gasteiger partial charge on any atom is 0.326 e. The highest BCUT2D eigenvalue weighted by molar-refractivity contribution is 5.92. The molecule has 1 unspecified atom stereocenters. The van der Waals surface area contributed by atoms with E-state index >= 15 is 0 Å². The van der Waals surface area contributed by atoms with Gasteiger partial charge in [-0.2, -0.15) is 0 Å². The van der Waals surface area contributed by atoms with Gasteiger partial charge in [0.15, 0.2) is 0 Å². The molecule has 0 radical (unpaired) electrons. The molecule has 7 nitrogen and oxygen atoms in total. The van der Waals surface area contributed by atoms with Gasteiger partial charge in [0.1, 0.15) is 23.4 Å². The number of hydrogen-bond acceptors (Lipinski definition) is 3. The van der Waals surface area contributed by atoms with Crippen LogP contribution in [0.25, 0.3) is 0 Å². The normalized spacial score (nSPS) is 11.5. The predicted molar refractivity (Wildman–Crippen MR) is 66.8 cm³/mol. The lowest BCUT2D eigenvalue weighted by molar-refractivity contribution is -0.140. The van der Waals surface area contributed by atoms with Crippen molar-refractivity contribution in [3.8, 4) is 0 Å². The third-order valence-electron chi connectivity index (χ3n) is 2.45. The molecule has 4 N–H and O–H groups in total. The molecular weight excluding hydrogens is 290 g/mol. The zero-order chi connectivity index (χ0) is 16.0. The second-order valence-corrected chi connectivity index (χ2v) is 4.02. The number of aliphatic carboxylic acids is 2. The highest BCUT2D eigenvalue weighted by Gasteiger charge is 2.22. The van der Waals surface area contributed by atoms with Crippen molar-refractivity contribution in [3.63, 3.8) is 0 Å². The van der Waals surface area contributed by atoms with Crippen molar-refractivity contribution in [2.45, 2.75) is 18.9 Å². The molecule has 0 aliphatic heterocycles. The number of anilines is 1. The molecule has 2 amide bonds. The summed E-state index contributed by atoms with van der Waals surface area (Å²) in [6.45, 7) is 0. The van der Waals surface area contributed by atoms with Gasteiger partial charge < -0.3 is 20.8 Å². The van der Waals surface area contributed by atoms with E-state index in [-0.39, 0.29) is 6.42 Å². The molecule has 0 bridgehead atoms. The summed E-state index contributed by atoms with van der Waals surface area (Å²) >= 11 is 0. The van der Waals surface area contributed by atoms with Gasteiger partial charge in [-0.3, -0.25) is 4.79 Å². The minimum absolute atomic E-state index is 0.363. The Labute approximate surface area is 117 Å². The molecule has 0 saturated heterocycles. The number of nitrogens with one attached hydrogen (secondary N) is 2. The Morgan fingerprint density at radius 3 is 2.19 bits per heavy atom. The van der Waals surface area contributed by atoms with Crippen LogP contribution in [-0.2, 0) is 9.59 Å². The number of para-hydroxylation sites is 1. The van der Waals surface area contributed by atoms with E-state index in [4.69, 9.17) is 10.2 Å². The highest BCUT2D eigenvalue weighted by atomic mass is 19.1. The minimum Gasteiger partial charge on any atom is -0.481 e. The number of carbonyl (C=O) groups is 3. The molecule has 21 heavy (non-hydrogen) atoms. The maximum atomic E-state index is 13.3. The minimum atomic E-state index is -1.49. The lowest BCUT2D eigenvalue weighted by Crippen LogP contribution is -2.43. The second kappa shape index (κ2) is 7.17. The Hall–Kier alpha value is -2.71. The number of halogens is 2. The summed E-state index contributed by atoms with van der Waals surface area (Å²) in [4.78, 5) is 32.7. The van der Waals surface area contributed by atoms with E-state index in [0.29, 0.717) is 0 Å². The van der Waals surface area contributed by atoms with Gasteiger partial charge in [0.25, 0.3) is 0 Å². The topological polar surface area (TPSA) is 116 Å². The standard InChI is InChI=1S/C12H12F2N2O5/c13-6-2-1-3-7(14)10(6)16-12(21)15-8(11(19)20)4-5-9(17)18/h1-3,8H,4-5H2,(H,17,18)(H,19,20)(H2,15,16,21). The van der Waals surface area contributed by atoms with Gasteiger partial charge in [0.05, 0.1) is 0 Å². The first-order valence-electron chi connectivity index (χ1n) is 5.77. The molecule has 0 spiro atoms. The molecule has 9 heteroatoms. The Kier molecular flexibility index (Phi) is 5.58. The van der Waals surface area contributed by atoms with Crippen LogP contribution in [0.4, 0.5) is 19.3 Å². The summed E-state index contributed by atoms with van der Waals surface area (Å²) < 4.78 is 26.6. The van der Waals surface area contributed by atoms with Crippen LogP contribution in [0.3, 0.4) is 0 Å². The zero-order valence-electron chi connectivity index (χ0n) is 10.6. The number of benzene rings is 1. The predicted octanol–water partition coefficient (Wildman–Crippen LogP) is 1.40. The Bertz CT molecular complexity index is 544. The van der Waals surface area contributed by atoms with Gasteiger partial charge in [-0.1, -0.05) is 6.07 Å². The fraction of sp³-hybridized carbons (Fsp3) is 0.250. The fourth-order valence-electron chi connectivity index (χ4n) is 1.45. The third kappa shape index (κ3) is 5.05. The van der Waals surface area contributed by atoms with Gasteiger partial charge in [-0.15, -0.1) is 0 Å². The van der Waals surface area contributed by atoms with Crippen LogP contribution in [0.1, 0.15) is 12.8 Å². The quantitative estimate of drug-likeness (QED) is 0.634. The molecule has 0 aromatic heterocycles. The van der Waals surface area contributed by atoms with Gasteiger partial charge in [-0.25, -0.2) is 18.4 Å². The number of urea groups is 1. The molecule has 0 saturated carbocycles. The van der Waals surface area contributed by atoms with Crippen molar-refractivity contribution in [1.29, 1.82) is 0 Å². The van der Waals surface area contributed by atoms with Gasteiger partial charge in [0.2, 0.25) is 0 Å². The third-order valence-corrected chi connectivity index (χ3v) is 2.45. The van der Waals surface area contributed by atoms with Gasteiger partial charge in [0, 0.05) is 6.42 Å². The number of carbonyl (C=O) groups excluding carboxylic acids is 1. The largest absolute Gasteiger partial charge is 0.481 e. The monoisotopic (exact) mass is 302 g/mol. The fourth-order valence-corrected chi connectivity index (χ4v) is 1.45. The lowest BCUT2D eigenvalue weighted by atomic mass is 10.1. The van der Waals surface area contributed by atoms with E-state index in [0.717, 1.165) is 18.2 Å². The van der Waals surface area contributed by atoms with E-state index in [2.05, 4.69) is 0 Å². The van der Waals surface area contributed by atoms with Crippen LogP contribution in [-0.4, -0.2) is 34.2 Å². The molecule has 0 heterocycles. The first-order valence-corrected chi connectivity index (χ1v) is 5.77. The number of hydrogen-bond donors (Lipinski definition) is 4. The van der Waals surface area contributed by atoms with E-state index in [1.807, 2.05) is 10.6 Å². The summed E-state index contributed by atoms with van der Waals surface area (Å²) in [7, 11) is 0. The van der Waals surface area contributed by atoms with E-state index in [9.17, 15) is 23.2 Å². The first kappa shape index (κ1) is 16.3. The summed E-state index contributed by atoms with van der Waals surface area (Å²) in [6, 6.07) is 0.281. The average molecular weight is 302 g/mol. The van der Waals surface area contributed by atoms with Gasteiger partial charge >= 0.3 is 18.0 Å². The summed E-state index contributed by atoms with van der Waals surface area (Å²) in [5, 5.41) is 21.1. The second-order valence-electron chi connectivity index (χ2n) is 4.02. The van der Waals surface area contributed by atoms with Crippen molar-refractivity contribution in [1.82, 2.24) is 5.32 Å². The van der Waals surface area contributed by atoms with E-state index in [1.165, 1.54) is 0 Å². The molecule has 1 atom stereocenters. The number of amides is 2. The molecule has 1 aromatic rings. The van der Waals surface area contributed by atoms with Crippen molar-refractivity contribution in [3.05, 3.63) is 29.8 Å². The summed E-state index contributed by atoms with van der Waals surface area (Å²) in [5.41, 5.74) is -0.725. The molecule has 1 rings (SSSR count). The molecular formula is C12H12F2N2O5. The number of rotatable bonds is 6.